The number of ether oxygens (including phenoxy) is 1. The highest BCUT2D eigenvalue weighted by Crippen LogP contribution is 2.22. The first-order valence-electron chi connectivity index (χ1n) is 5.52. The van der Waals surface area contributed by atoms with E-state index in [-0.39, 0.29) is 11.5 Å². The van der Waals surface area contributed by atoms with Gasteiger partial charge in [0.15, 0.2) is 6.39 Å². The van der Waals surface area contributed by atoms with Crippen LogP contribution in [0.3, 0.4) is 0 Å². The molecule has 9 heteroatoms. The lowest BCUT2D eigenvalue weighted by Crippen LogP contribution is -2.17. The highest BCUT2D eigenvalue weighted by atomic mass is 19.4. The van der Waals surface area contributed by atoms with Crippen molar-refractivity contribution in [3.63, 3.8) is 0 Å². The summed E-state index contributed by atoms with van der Waals surface area (Å²) in [4.78, 5) is 15.0. The number of rotatable bonds is 4. The second-order valence-corrected chi connectivity index (χ2v) is 3.68. The minimum Gasteiger partial charge on any atom is -0.438 e. The smallest absolute Gasteiger partial charge is 0.438 e. The van der Waals surface area contributed by atoms with Gasteiger partial charge >= 0.3 is 12.3 Å². The molecule has 0 aliphatic heterocycles. The van der Waals surface area contributed by atoms with E-state index in [1.165, 1.54) is 24.5 Å². The average Bonchev–Trinajstić information content (AvgIpc) is 2.93. The maximum atomic E-state index is 12.0. The van der Waals surface area contributed by atoms with Crippen molar-refractivity contribution in [2.24, 2.45) is 5.10 Å². The quantitative estimate of drug-likeness (QED) is 0.694. The van der Waals surface area contributed by atoms with Gasteiger partial charge in [-0.25, -0.2) is 10.4 Å². The SMILES string of the molecule is O=C(NN=Cc1ccc(OC(F)(F)F)cc1)c1cnco1. The van der Waals surface area contributed by atoms with E-state index in [0.29, 0.717) is 5.56 Å². The molecular weight excluding hydrogens is 291 g/mol. The number of carbonyl (C=O) groups is 1. The number of carbonyl (C=O) groups excluding carboxylic acids is 1. The molecule has 0 spiro atoms. The first-order valence-corrected chi connectivity index (χ1v) is 5.52. The zero-order chi connectivity index (χ0) is 15.3. The Balaban J connectivity index is 1.91. The Labute approximate surface area is 116 Å². The molecule has 110 valence electrons. The van der Waals surface area contributed by atoms with Crippen molar-refractivity contribution in [2.75, 3.05) is 0 Å². The molecule has 0 saturated heterocycles. The Kier molecular flexibility index (Phi) is 4.21. The molecular formula is C12H8F3N3O3. The normalized spacial score (nSPS) is 11.6. The molecule has 1 aromatic carbocycles. The van der Waals surface area contributed by atoms with Gasteiger partial charge in [0.25, 0.3) is 0 Å². The van der Waals surface area contributed by atoms with Crippen LogP contribution in [0.5, 0.6) is 5.75 Å². The van der Waals surface area contributed by atoms with Crippen molar-refractivity contribution >= 4 is 12.1 Å². The van der Waals surface area contributed by atoms with Gasteiger partial charge in [-0.2, -0.15) is 5.10 Å². The highest BCUT2D eigenvalue weighted by Gasteiger charge is 2.30. The van der Waals surface area contributed by atoms with Gasteiger partial charge in [-0.3, -0.25) is 4.79 Å². The molecule has 0 bridgehead atoms. The lowest BCUT2D eigenvalue weighted by Gasteiger charge is -2.08. The lowest BCUT2D eigenvalue weighted by molar-refractivity contribution is -0.274. The van der Waals surface area contributed by atoms with Crippen molar-refractivity contribution in [1.82, 2.24) is 10.4 Å². The topological polar surface area (TPSA) is 76.7 Å². The average molecular weight is 299 g/mol. The fourth-order valence-electron chi connectivity index (χ4n) is 1.30. The Morgan fingerprint density at radius 2 is 2.05 bits per heavy atom. The number of alkyl halides is 3. The van der Waals surface area contributed by atoms with E-state index in [2.05, 4.69) is 20.2 Å². The van der Waals surface area contributed by atoms with Crippen LogP contribution in [0.25, 0.3) is 0 Å². The first kappa shape index (κ1) is 14.6. The molecule has 0 atom stereocenters. The van der Waals surface area contributed by atoms with E-state index in [1.807, 2.05) is 0 Å². The molecule has 0 aliphatic carbocycles. The Bertz CT molecular complexity index is 621. The van der Waals surface area contributed by atoms with Crippen LogP contribution < -0.4 is 10.2 Å². The molecule has 0 fully saturated rings. The van der Waals surface area contributed by atoms with Crippen LogP contribution in [0.1, 0.15) is 16.1 Å². The van der Waals surface area contributed by atoms with Crippen LogP contribution in [-0.4, -0.2) is 23.5 Å². The van der Waals surface area contributed by atoms with Gasteiger partial charge in [0, 0.05) is 0 Å². The Hall–Kier alpha value is -2.84. The number of halogens is 3. The maximum absolute atomic E-state index is 12.0. The third-order valence-corrected chi connectivity index (χ3v) is 2.15. The summed E-state index contributed by atoms with van der Waals surface area (Å²) < 4.78 is 44.3. The van der Waals surface area contributed by atoms with E-state index >= 15 is 0 Å². The van der Waals surface area contributed by atoms with Crippen LogP contribution >= 0.6 is 0 Å². The molecule has 1 amide bonds. The number of hydrogen-bond acceptors (Lipinski definition) is 5. The zero-order valence-electron chi connectivity index (χ0n) is 10.3. The number of hydrazone groups is 1. The summed E-state index contributed by atoms with van der Waals surface area (Å²) in [6.07, 6.45) is -1.17. The summed E-state index contributed by atoms with van der Waals surface area (Å²) in [7, 11) is 0. The van der Waals surface area contributed by atoms with Crippen molar-refractivity contribution < 1.29 is 27.1 Å². The summed E-state index contributed by atoms with van der Waals surface area (Å²) in [5.41, 5.74) is 2.65. The third kappa shape index (κ3) is 4.64. The summed E-state index contributed by atoms with van der Waals surface area (Å²) in [6, 6.07) is 4.97. The second kappa shape index (κ2) is 6.07. The van der Waals surface area contributed by atoms with Gasteiger partial charge in [0.05, 0.1) is 12.4 Å². The first-order chi connectivity index (χ1) is 9.94. The van der Waals surface area contributed by atoms with E-state index < -0.39 is 12.3 Å². The van der Waals surface area contributed by atoms with Crippen LogP contribution in [0.2, 0.25) is 0 Å². The van der Waals surface area contributed by atoms with E-state index in [4.69, 9.17) is 4.42 Å². The molecule has 1 heterocycles. The second-order valence-electron chi connectivity index (χ2n) is 3.68. The molecule has 0 aliphatic rings. The minimum absolute atomic E-state index is 0.0129. The predicted octanol–water partition coefficient (Wildman–Crippen LogP) is 2.34. The van der Waals surface area contributed by atoms with Crippen molar-refractivity contribution in [3.05, 3.63) is 48.2 Å². The van der Waals surface area contributed by atoms with E-state index in [9.17, 15) is 18.0 Å². The molecule has 0 saturated carbocycles. The fraction of sp³-hybridized carbons (Fsp3) is 0.0833. The maximum Gasteiger partial charge on any atom is 0.573 e. The predicted molar refractivity (Wildman–Crippen MR) is 64.7 cm³/mol. The molecule has 21 heavy (non-hydrogen) atoms. The van der Waals surface area contributed by atoms with Gasteiger partial charge in [-0.15, -0.1) is 13.2 Å². The van der Waals surface area contributed by atoms with E-state index in [0.717, 1.165) is 18.5 Å². The monoisotopic (exact) mass is 299 g/mol. The molecule has 1 N–H and O–H groups in total. The van der Waals surface area contributed by atoms with Crippen molar-refractivity contribution in [3.8, 4) is 5.75 Å². The number of oxazole rings is 1. The Morgan fingerprint density at radius 3 is 2.62 bits per heavy atom. The third-order valence-electron chi connectivity index (χ3n) is 2.15. The number of aromatic nitrogens is 1. The molecule has 2 rings (SSSR count). The number of hydrogen-bond donors (Lipinski definition) is 1. The molecule has 0 unspecified atom stereocenters. The van der Waals surface area contributed by atoms with Crippen molar-refractivity contribution in [2.45, 2.75) is 6.36 Å². The van der Waals surface area contributed by atoms with Crippen molar-refractivity contribution in [1.29, 1.82) is 0 Å². The van der Waals surface area contributed by atoms with Gasteiger partial charge in [-0.1, -0.05) is 0 Å². The molecule has 6 nitrogen and oxygen atoms in total. The minimum atomic E-state index is -4.74. The van der Waals surface area contributed by atoms with Gasteiger partial charge in [0.2, 0.25) is 5.76 Å². The lowest BCUT2D eigenvalue weighted by atomic mass is 10.2. The largest absolute Gasteiger partial charge is 0.573 e. The fourth-order valence-corrected chi connectivity index (χ4v) is 1.30. The number of nitrogens with one attached hydrogen (secondary N) is 1. The highest BCUT2D eigenvalue weighted by molar-refractivity contribution is 5.92. The van der Waals surface area contributed by atoms with Gasteiger partial charge < -0.3 is 9.15 Å². The van der Waals surface area contributed by atoms with Crippen LogP contribution in [0.15, 0.2) is 46.4 Å². The number of nitrogens with zero attached hydrogens (tertiary/aromatic N) is 2. The summed E-state index contributed by atoms with van der Waals surface area (Å²) in [5.74, 6) is -0.952. The summed E-state index contributed by atoms with van der Waals surface area (Å²) in [5, 5.41) is 3.63. The van der Waals surface area contributed by atoms with Crippen LogP contribution in [-0.2, 0) is 0 Å². The van der Waals surface area contributed by atoms with Crippen LogP contribution in [0.4, 0.5) is 13.2 Å². The Morgan fingerprint density at radius 1 is 1.33 bits per heavy atom. The molecule has 2 aromatic rings. The summed E-state index contributed by atoms with van der Waals surface area (Å²) >= 11 is 0. The van der Waals surface area contributed by atoms with Gasteiger partial charge in [-0.05, 0) is 29.8 Å². The summed E-state index contributed by atoms with van der Waals surface area (Å²) in [6.45, 7) is 0. The molecule has 0 radical (unpaired) electrons. The van der Waals surface area contributed by atoms with Gasteiger partial charge in [0.1, 0.15) is 5.75 Å². The standard InChI is InChI=1S/C12H8F3N3O3/c13-12(14,15)21-9-3-1-8(2-4-9)5-17-18-11(19)10-6-16-7-20-10/h1-7H,(H,18,19). The van der Waals surface area contributed by atoms with Crippen LogP contribution in [0, 0.1) is 0 Å². The van der Waals surface area contributed by atoms with E-state index in [1.54, 1.807) is 0 Å². The zero-order valence-corrected chi connectivity index (χ0v) is 10.3. The number of amides is 1. The number of benzene rings is 1. The molecule has 1 aromatic heterocycles.